The molecule has 4 nitrogen and oxygen atoms in total. The van der Waals surface area contributed by atoms with Crippen LogP contribution in [0.25, 0.3) is 0 Å². The molecule has 1 amide bonds. The number of hydrogen-bond donors (Lipinski definition) is 0. The summed E-state index contributed by atoms with van der Waals surface area (Å²) in [5, 5.41) is 8.95. The van der Waals surface area contributed by atoms with Crippen LogP contribution in [0.5, 0.6) is 0 Å². The number of hydrogen-bond acceptors (Lipinski definition) is 3. The van der Waals surface area contributed by atoms with E-state index in [9.17, 15) is 4.79 Å². The maximum Gasteiger partial charge on any atom is 0.411 e. The molecule has 2 aliphatic heterocycles. The van der Waals surface area contributed by atoms with Crippen molar-refractivity contribution in [1.29, 1.82) is 5.26 Å². The molecule has 2 atom stereocenters. The van der Waals surface area contributed by atoms with Gasteiger partial charge in [-0.05, 0) is 33.6 Å². The SMILES string of the molecule is CC(C)(C)OC(=O)N1C2C=CC1CC(C#N)C2. The summed E-state index contributed by atoms with van der Waals surface area (Å²) in [4.78, 5) is 13.8. The number of piperidine rings is 1. The second-order valence-electron chi connectivity index (χ2n) is 5.70. The average Bonchev–Trinajstić information content (AvgIpc) is 2.47. The van der Waals surface area contributed by atoms with Crippen molar-refractivity contribution in [2.75, 3.05) is 0 Å². The molecule has 2 heterocycles. The molecular weight excluding hydrogens is 216 g/mol. The van der Waals surface area contributed by atoms with Gasteiger partial charge in [-0.15, -0.1) is 0 Å². The lowest BCUT2D eigenvalue weighted by atomic mass is 9.91. The van der Waals surface area contributed by atoms with Gasteiger partial charge in [-0.3, -0.25) is 4.90 Å². The summed E-state index contributed by atoms with van der Waals surface area (Å²) in [5.74, 6) is 0.0543. The molecule has 92 valence electrons. The maximum atomic E-state index is 12.1. The van der Waals surface area contributed by atoms with Crippen molar-refractivity contribution in [3.05, 3.63) is 12.2 Å². The van der Waals surface area contributed by atoms with Crippen LogP contribution in [0.15, 0.2) is 12.2 Å². The molecule has 0 aromatic carbocycles. The van der Waals surface area contributed by atoms with Gasteiger partial charge in [0.2, 0.25) is 0 Å². The van der Waals surface area contributed by atoms with Crippen LogP contribution in [0.3, 0.4) is 0 Å². The summed E-state index contributed by atoms with van der Waals surface area (Å²) in [7, 11) is 0. The molecule has 1 saturated heterocycles. The first-order valence-electron chi connectivity index (χ1n) is 6.00. The van der Waals surface area contributed by atoms with Crippen LogP contribution in [0.2, 0.25) is 0 Å². The van der Waals surface area contributed by atoms with E-state index in [1.807, 2.05) is 32.9 Å². The molecule has 2 rings (SSSR count). The molecule has 0 N–H and O–H groups in total. The van der Waals surface area contributed by atoms with E-state index in [-0.39, 0.29) is 24.1 Å². The van der Waals surface area contributed by atoms with Gasteiger partial charge in [-0.1, -0.05) is 12.2 Å². The zero-order chi connectivity index (χ0) is 12.6. The molecule has 0 aromatic rings. The average molecular weight is 234 g/mol. The number of rotatable bonds is 0. The molecule has 0 spiro atoms. The van der Waals surface area contributed by atoms with E-state index in [0.29, 0.717) is 0 Å². The zero-order valence-electron chi connectivity index (χ0n) is 10.5. The van der Waals surface area contributed by atoms with Crippen molar-refractivity contribution in [2.45, 2.75) is 51.3 Å². The molecule has 0 aromatic heterocycles. The van der Waals surface area contributed by atoms with Gasteiger partial charge in [0, 0.05) is 0 Å². The van der Waals surface area contributed by atoms with Crippen LogP contribution in [0.4, 0.5) is 4.79 Å². The van der Waals surface area contributed by atoms with Crippen molar-refractivity contribution in [1.82, 2.24) is 4.90 Å². The zero-order valence-corrected chi connectivity index (χ0v) is 10.5. The highest BCUT2D eigenvalue weighted by atomic mass is 16.6. The number of amides is 1. The van der Waals surface area contributed by atoms with Gasteiger partial charge in [0.25, 0.3) is 0 Å². The summed E-state index contributed by atoms with van der Waals surface area (Å²) in [6.45, 7) is 5.59. The molecule has 2 bridgehead atoms. The summed E-state index contributed by atoms with van der Waals surface area (Å²) < 4.78 is 5.39. The predicted molar refractivity (Wildman–Crippen MR) is 63.1 cm³/mol. The fourth-order valence-electron chi connectivity index (χ4n) is 2.44. The number of fused-ring (bicyclic) bond motifs is 2. The minimum atomic E-state index is -0.470. The van der Waals surface area contributed by atoms with Crippen molar-refractivity contribution < 1.29 is 9.53 Å². The number of nitrogens with zero attached hydrogens (tertiary/aromatic N) is 2. The standard InChI is InChI=1S/C13H18N2O2/c1-13(2,3)17-12(16)15-10-4-5-11(15)7-9(6-10)8-14/h4-5,9-11H,6-7H2,1-3H3. The van der Waals surface area contributed by atoms with Gasteiger partial charge < -0.3 is 4.74 Å². The van der Waals surface area contributed by atoms with Crippen molar-refractivity contribution in [3.63, 3.8) is 0 Å². The summed E-state index contributed by atoms with van der Waals surface area (Å²) in [6, 6.07) is 2.36. The Kier molecular flexibility index (Phi) is 2.86. The molecule has 1 fully saturated rings. The third-order valence-electron chi connectivity index (χ3n) is 3.11. The minimum Gasteiger partial charge on any atom is -0.444 e. The van der Waals surface area contributed by atoms with Gasteiger partial charge in [0.1, 0.15) is 5.60 Å². The van der Waals surface area contributed by atoms with E-state index < -0.39 is 5.60 Å². The van der Waals surface area contributed by atoms with Gasteiger partial charge >= 0.3 is 6.09 Å². The van der Waals surface area contributed by atoms with E-state index in [0.717, 1.165) is 12.8 Å². The van der Waals surface area contributed by atoms with Crippen LogP contribution in [0, 0.1) is 17.2 Å². The van der Waals surface area contributed by atoms with Crippen molar-refractivity contribution >= 4 is 6.09 Å². The van der Waals surface area contributed by atoms with E-state index in [2.05, 4.69) is 6.07 Å². The lowest BCUT2D eigenvalue weighted by Gasteiger charge is -2.37. The fraction of sp³-hybridized carbons (Fsp3) is 0.692. The third-order valence-corrected chi connectivity index (χ3v) is 3.11. The second-order valence-corrected chi connectivity index (χ2v) is 5.70. The number of nitriles is 1. The van der Waals surface area contributed by atoms with E-state index in [4.69, 9.17) is 10.00 Å². The van der Waals surface area contributed by atoms with Crippen molar-refractivity contribution in [2.24, 2.45) is 5.92 Å². The molecule has 0 saturated carbocycles. The minimum absolute atomic E-state index is 0.0354. The predicted octanol–water partition coefficient (Wildman–Crippen LogP) is 2.46. The van der Waals surface area contributed by atoms with E-state index in [1.165, 1.54) is 0 Å². The summed E-state index contributed by atoms with van der Waals surface area (Å²) in [5.41, 5.74) is -0.470. The van der Waals surface area contributed by atoms with Crippen LogP contribution in [0.1, 0.15) is 33.6 Å². The highest BCUT2D eigenvalue weighted by Gasteiger charge is 2.41. The third kappa shape index (κ3) is 2.44. The van der Waals surface area contributed by atoms with Crippen LogP contribution in [-0.2, 0) is 4.74 Å². The quantitative estimate of drug-likeness (QED) is 0.605. The Morgan fingerprint density at radius 3 is 2.29 bits per heavy atom. The Bertz CT molecular complexity index is 373. The molecule has 2 aliphatic rings. The molecule has 0 aliphatic carbocycles. The first-order chi connectivity index (χ1) is 7.90. The second kappa shape index (κ2) is 4.06. The topological polar surface area (TPSA) is 53.3 Å². The molecule has 0 radical (unpaired) electrons. The van der Waals surface area contributed by atoms with Crippen LogP contribution < -0.4 is 0 Å². The molecule has 2 unspecified atom stereocenters. The largest absolute Gasteiger partial charge is 0.444 e. The fourth-order valence-corrected chi connectivity index (χ4v) is 2.44. The lowest BCUT2D eigenvalue weighted by molar-refractivity contribution is 0.00789. The first kappa shape index (κ1) is 12.0. The smallest absolute Gasteiger partial charge is 0.411 e. The monoisotopic (exact) mass is 234 g/mol. The van der Waals surface area contributed by atoms with Crippen molar-refractivity contribution in [3.8, 4) is 6.07 Å². The highest BCUT2D eigenvalue weighted by Crippen LogP contribution is 2.34. The summed E-state index contributed by atoms with van der Waals surface area (Å²) in [6.07, 6.45) is 5.22. The highest BCUT2D eigenvalue weighted by molar-refractivity contribution is 5.70. The number of carbonyl (C=O) groups excluding carboxylic acids is 1. The normalized spacial score (nSPS) is 31.2. The molecule has 17 heavy (non-hydrogen) atoms. The van der Waals surface area contributed by atoms with Gasteiger partial charge in [0.05, 0.1) is 24.1 Å². The Morgan fingerprint density at radius 1 is 1.35 bits per heavy atom. The summed E-state index contributed by atoms with van der Waals surface area (Å²) >= 11 is 0. The van der Waals surface area contributed by atoms with E-state index in [1.54, 1.807) is 4.90 Å². The molecule has 4 heteroatoms. The Hall–Kier alpha value is -1.50. The molecular formula is C13H18N2O2. The van der Waals surface area contributed by atoms with E-state index >= 15 is 0 Å². The number of carbonyl (C=O) groups is 1. The Balaban J connectivity index is 2.06. The van der Waals surface area contributed by atoms with Gasteiger partial charge in [0.15, 0.2) is 0 Å². The lowest BCUT2D eigenvalue weighted by Crippen LogP contribution is -2.49. The van der Waals surface area contributed by atoms with Crippen LogP contribution in [-0.4, -0.2) is 28.7 Å². The van der Waals surface area contributed by atoms with Gasteiger partial charge in [-0.2, -0.15) is 5.26 Å². The Labute approximate surface area is 102 Å². The Morgan fingerprint density at radius 2 is 1.88 bits per heavy atom. The van der Waals surface area contributed by atoms with Gasteiger partial charge in [-0.25, -0.2) is 4.79 Å². The number of ether oxygens (including phenoxy) is 1. The first-order valence-corrected chi connectivity index (χ1v) is 6.00. The maximum absolute atomic E-state index is 12.1. The van der Waals surface area contributed by atoms with Crippen LogP contribution >= 0.6 is 0 Å².